The van der Waals surface area contributed by atoms with E-state index in [2.05, 4.69) is 5.32 Å². The molecule has 0 aliphatic carbocycles. The Bertz CT molecular complexity index is 749. The van der Waals surface area contributed by atoms with Crippen molar-refractivity contribution in [3.63, 3.8) is 0 Å². The Morgan fingerprint density at radius 1 is 0.686 bits per heavy atom. The maximum Gasteiger partial charge on any atom is 0.317 e. The van der Waals surface area contributed by atoms with Crippen molar-refractivity contribution in [2.24, 2.45) is 0 Å². The SMILES string of the molecule is CC(C)NC(=O)CC1CN(CC(=O)O)CCN(CC(=O)O)CCN(CC(=O)O)CCN1CC(=O)O. The van der Waals surface area contributed by atoms with Crippen LogP contribution in [0.15, 0.2) is 0 Å². The van der Waals surface area contributed by atoms with Gasteiger partial charge in [0.25, 0.3) is 0 Å². The first-order valence-electron chi connectivity index (χ1n) is 11.4. The number of carbonyl (C=O) groups excluding carboxylic acids is 1. The van der Waals surface area contributed by atoms with E-state index in [4.69, 9.17) is 0 Å². The standard InChI is InChI=1S/C21H37N5O9/c1-15(2)22-17(27)9-16-10-25(13-20(32)33)6-5-23(11-18(28)29)3-4-24(12-19(30)31)7-8-26(16)14-21(34)35/h15-16H,3-14H2,1-2H3,(H,22,27)(H,28,29)(H,30,31)(H,32,33)(H,34,35). The zero-order valence-corrected chi connectivity index (χ0v) is 20.3. The van der Waals surface area contributed by atoms with Gasteiger partial charge in [0.2, 0.25) is 5.91 Å². The Morgan fingerprint density at radius 2 is 1.09 bits per heavy atom. The lowest BCUT2D eigenvalue weighted by Crippen LogP contribution is -2.54. The Kier molecular flexibility index (Phi) is 13.2. The predicted octanol–water partition coefficient (Wildman–Crippen LogP) is -2.17. The first kappa shape index (κ1) is 30.2. The van der Waals surface area contributed by atoms with Crippen molar-refractivity contribution in [2.75, 3.05) is 72.0 Å². The van der Waals surface area contributed by atoms with Crippen molar-refractivity contribution in [3.8, 4) is 0 Å². The second kappa shape index (κ2) is 15.2. The summed E-state index contributed by atoms with van der Waals surface area (Å²) in [7, 11) is 0. The Labute approximate surface area is 204 Å². The van der Waals surface area contributed by atoms with E-state index >= 15 is 0 Å². The number of carbonyl (C=O) groups is 5. The van der Waals surface area contributed by atoms with E-state index in [9.17, 15) is 44.4 Å². The number of nitrogens with one attached hydrogen (secondary N) is 1. The van der Waals surface area contributed by atoms with Gasteiger partial charge in [0, 0.05) is 64.3 Å². The van der Waals surface area contributed by atoms with Crippen LogP contribution in [0.1, 0.15) is 20.3 Å². The monoisotopic (exact) mass is 503 g/mol. The number of rotatable bonds is 11. The van der Waals surface area contributed by atoms with Gasteiger partial charge in [-0.2, -0.15) is 0 Å². The summed E-state index contributed by atoms with van der Waals surface area (Å²) in [4.78, 5) is 64.6. The predicted molar refractivity (Wildman–Crippen MR) is 123 cm³/mol. The van der Waals surface area contributed by atoms with E-state index in [-0.39, 0.29) is 83.8 Å². The molecule has 0 bridgehead atoms. The average molecular weight is 504 g/mol. The minimum absolute atomic E-state index is 0.0605. The fraction of sp³-hybridized carbons (Fsp3) is 0.762. The fourth-order valence-corrected chi connectivity index (χ4v) is 3.95. The van der Waals surface area contributed by atoms with Crippen molar-refractivity contribution in [1.29, 1.82) is 0 Å². The molecule has 5 N–H and O–H groups in total. The zero-order chi connectivity index (χ0) is 26.5. The van der Waals surface area contributed by atoms with Gasteiger partial charge in [-0.1, -0.05) is 0 Å². The van der Waals surface area contributed by atoms with Gasteiger partial charge in [0.15, 0.2) is 0 Å². The molecular formula is C21H37N5O9. The van der Waals surface area contributed by atoms with Gasteiger partial charge in [0.1, 0.15) is 0 Å². The lowest BCUT2D eigenvalue weighted by molar-refractivity contribution is -0.142. The van der Waals surface area contributed by atoms with Crippen LogP contribution in [0.5, 0.6) is 0 Å². The molecule has 1 atom stereocenters. The molecule has 1 aliphatic heterocycles. The largest absolute Gasteiger partial charge is 0.480 e. The number of aliphatic carboxylic acids is 4. The number of hydrogen-bond donors (Lipinski definition) is 5. The second-order valence-electron chi connectivity index (χ2n) is 8.91. The van der Waals surface area contributed by atoms with E-state index in [1.54, 1.807) is 33.4 Å². The molecule has 0 aromatic heterocycles. The van der Waals surface area contributed by atoms with Gasteiger partial charge in [0.05, 0.1) is 26.2 Å². The van der Waals surface area contributed by atoms with Crippen LogP contribution < -0.4 is 5.32 Å². The molecule has 1 rings (SSSR count). The van der Waals surface area contributed by atoms with Gasteiger partial charge in [-0.25, -0.2) is 0 Å². The minimum atomic E-state index is -1.13. The molecule has 0 spiro atoms. The third-order valence-electron chi connectivity index (χ3n) is 5.44. The van der Waals surface area contributed by atoms with Crippen molar-refractivity contribution >= 4 is 29.8 Å². The van der Waals surface area contributed by atoms with Gasteiger partial charge in [-0.15, -0.1) is 0 Å². The number of carboxylic acids is 4. The van der Waals surface area contributed by atoms with Crippen molar-refractivity contribution in [2.45, 2.75) is 32.4 Å². The van der Waals surface area contributed by atoms with Gasteiger partial charge in [-0.3, -0.25) is 43.6 Å². The van der Waals surface area contributed by atoms with Crippen molar-refractivity contribution in [1.82, 2.24) is 24.9 Å². The summed E-state index contributed by atoms with van der Waals surface area (Å²) in [5.74, 6) is -4.70. The van der Waals surface area contributed by atoms with Crippen molar-refractivity contribution in [3.05, 3.63) is 0 Å². The molecular weight excluding hydrogens is 466 g/mol. The molecule has 0 saturated carbocycles. The van der Waals surface area contributed by atoms with Crippen molar-refractivity contribution < 1.29 is 44.4 Å². The highest BCUT2D eigenvalue weighted by Gasteiger charge is 2.28. The number of nitrogens with zero attached hydrogens (tertiary/aromatic N) is 4. The number of carboxylic acid groups (broad SMARTS) is 4. The van der Waals surface area contributed by atoms with Gasteiger partial charge in [-0.05, 0) is 13.8 Å². The maximum absolute atomic E-state index is 12.6. The first-order chi connectivity index (χ1) is 16.3. The highest BCUT2D eigenvalue weighted by atomic mass is 16.4. The van der Waals surface area contributed by atoms with Crippen LogP contribution in [0, 0.1) is 0 Å². The Hall–Kier alpha value is -2.81. The first-order valence-corrected chi connectivity index (χ1v) is 11.4. The summed E-state index contributed by atoms with van der Waals surface area (Å²) in [6.45, 7) is 3.35. The highest BCUT2D eigenvalue weighted by molar-refractivity contribution is 5.77. The van der Waals surface area contributed by atoms with Crippen LogP contribution in [0.2, 0.25) is 0 Å². The molecule has 1 fully saturated rings. The molecule has 0 radical (unpaired) electrons. The van der Waals surface area contributed by atoms with Gasteiger partial charge >= 0.3 is 23.9 Å². The summed E-state index contributed by atoms with van der Waals surface area (Å²) < 4.78 is 0. The second-order valence-corrected chi connectivity index (χ2v) is 8.91. The molecule has 14 nitrogen and oxygen atoms in total. The van der Waals surface area contributed by atoms with E-state index < -0.39 is 36.5 Å². The lowest BCUT2D eigenvalue weighted by Gasteiger charge is -2.37. The topological polar surface area (TPSA) is 191 Å². The summed E-state index contributed by atoms with van der Waals surface area (Å²) >= 11 is 0. The average Bonchev–Trinajstić information content (AvgIpc) is 2.69. The Balaban J connectivity index is 3.28. The lowest BCUT2D eigenvalue weighted by atomic mass is 10.1. The smallest absolute Gasteiger partial charge is 0.317 e. The van der Waals surface area contributed by atoms with Gasteiger partial charge < -0.3 is 25.7 Å². The normalized spacial score (nSPS) is 20.0. The molecule has 35 heavy (non-hydrogen) atoms. The quantitative estimate of drug-likeness (QED) is 0.205. The summed E-state index contributed by atoms with van der Waals surface area (Å²) in [5.41, 5.74) is 0. The van der Waals surface area contributed by atoms with E-state index in [1.165, 1.54) is 0 Å². The maximum atomic E-state index is 12.6. The molecule has 0 aromatic rings. The molecule has 1 heterocycles. The molecule has 200 valence electrons. The van der Waals surface area contributed by atoms with Crippen LogP contribution in [-0.4, -0.2) is 154 Å². The molecule has 1 amide bonds. The summed E-state index contributed by atoms with van der Waals surface area (Å²) in [5, 5.41) is 40.1. The number of amides is 1. The van der Waals surface area contributed by atoms with Crippen LogP contribution in [-0.2, 0) is 24.0 Å². The third-order valence-corrected chi connectivity index (χ3v) is 5.44. The third kappa shape index (κ3) is 13.6. The zero-order valence-electron chi connectivity index (χ0n) is 20.3. The Morgan fingerprint density at radius 3 is 1.51 bits per heavy atom. The van der Waals surface area contributed by atoms with E-state index in [0.29, 0.717) is 0 Å². The van der Waals surface area contributed by atoms with Crippen LogP contribution in [0.25, 0.3) is 0 Å². The highest BCUT2D eigenvalue weighted by Crippen LogP contribution is 2.11. The van der Waals surface area contributed by atoms with E-state index in [0.717, 1.165) is 0 Å². The molecule has 0 aromatic carbocycles. The summed E-state index contributed by atoms with van der Waals surface area (Å²) in [6.07, 6.45) is -0.0840. The van der Waals surface area contributed by atoms with Crippen LogP contribution in [0.3, 0.4) is 0 Å². The minimum Gasteiger partial charge on any atom is -0.480 e. The van der Waals surface area contributed by atoms with Crippen LogP contribution >= 0.6 is 0 Å². The molecule has 1 saturated heterocycles. The molecule has 14 heteroatoms. The molecule has 1 unspecified atom stereocenters. The van der Waals surface area contributed by atoms with E-state index in [1.807, 2.05) is 0 Å². The number of hydrogen-bond acceptors (Lipinski definition) is 9. The molecule has 1 aliphatic rings. The van der Waals surface area contributed by atoms with Crippen LogP contribution in [0.4, 0.5) is 0 Å². The summed E-state index contributed by atoms with van der Waals surface area (Å²) in [6, 6.07) is -0.810. The fourth-order valence-electron chi connectivity index (χ4n) is 3.95.